The van der Waals surface area contributed by atoms with Crippen LogP contribution in [-0.2, 0) is 4.74 Å². The average molecular weight is 214 g/mol. The van der Waals surface area contributed by atoms with Crippen LogP contribution >= 0.6 is 12.2 Å². The van der Waals surface area contributed by atoms with Gasteiger partial charge in [-0.15, -0.1) is 5.10 Å². The zero-order valence-corrected chi connectivity index (χ0v) is 8.88. The molecule has 1 saturated heterocycles. The number of aromatic amines is 1. The molecule has 2 rings (SSSR count). The summed E-state index contributed by atoms with van der Waals surface area (Å²) in [6.07, 6.45) is 1.06. The monoisotopic (exact) mass is 214 g/mol. The van der Waals surface area contributed by atoms with Gasteiger partial charge in [-0.3, -0.25) is 4.57 Å². The Kier molecular flexibility index (Phi) is 2.56. The number of nitrogens with one attached hydrogen (secondary N) is 1. The predicted octanol–water partition coefficient (Wildman–Crippen LogP) is 1.12. The van der Waals surface area contributed by atoms with Crippen LogP contribution in [-0.4, -0.2) is 28.0 Å². The van der Waals surface area contributed by atoms with Crippen LogP contribution in [0.25, 0.3) is 0 Å². The Morgan fingerprint density at radius 1 is 1.79 bits per heavy atom. The van der Waals surface area contributed by atoms with Gasteiger partial charge in [-0.1, -0.05) is 0 Å². The molecule has 1 aromatic rings. The van der Waals surface area contributed by atoms with Crippen molar-refractivity contribution in [3.05, 3.63) is 4.77 Å². The fraction of sp³-hybridized carbons (Fsp3) is 0.750. The Labute approximate surface area is 87.3 Å². The summed E-state index contributed by atoms with van der Waals surface area (Å²) in [6.45, 7) is 3.72. The number of hydrogen-bond donors (Lipinski definition) is 2. The summed E-state index contributed by atoms with van der Waals surface area (Å²) in [4.78, 5) is 0. The number of anilines is 1. The van der Waals surface area contributed by atoms with Crippen LogP contribution in [0, 0.1) is 10.7 Å². The predicted molar refractivity (Wildman–Crippen MR) is 55.5 cm³/mol. The van der Waals surface area contributed by atoms with E-state index in [1.165, 1.54) is 0 Å². The molecule has 78 valence electrons. The standard InChI is InChI=1S/C8H14N4OS/c1-5(6-2-3-13-4-6)12-7(9)10-11-8(12)14/h5-6H,2-4H2,1H3,(H2,9,10)(H,11,14). The minimum absolute atomic E-state index is 0.253. The van der Waals surface area contributed by atoms with E-state index < -0.39 is 0 Å². The molecule has 0 aromatic carbocycles. The van der Waals surface area contributed by atoms with Crippen molar-refractivity contribution in [2.45, 2.75) is 19.4 Å². The highest BCUT2D eigenvalue weighted by Crippen LogP contribution is 2.27. The summed E-state index contributed by atoms with van der Waals surface area (Å²) in [7, 11) is 0. The van der Waals surface area contributed by atoms with Crippen molar-refractivity contribution in [1.82, 2.24) is 14.8 Å². The van der Waals surface area contributed by atoms with Gasteiger partial charge in [0, 0.05) is 18.6 Å². The lowest BCUT2D eigenvalue weighted by atomic mass is 10.0. The molecule has 0 saturated carbocycles. The molecule has 0 bridgehead atoms. The van der Waals surface area contributed by atoms with Crippen molar-refractivity contribution in [3.8, 4) is 0 Å². The third-order valence-corrected chi connectivity index (χ3v) is 3.07. The maximum absolute atomic E-state index is 5.72. The van der Waals surface area contributed by atoms with E-state index in [1.807, 2.05) is 4.57 Å². The van der Waals surface area contributed by atoms with Gasteiger partial charge in [-0.2, -0.15) is 0 Å². The van der Waals surface area contributed by atoms with E-state index >= 15 is 0 Å². The van der Waals surface area contributed by atoms with Crippen LogP contribution < -0.4 is 5.73 Å². The molecule has 2 heterocycles. The van der Waals surface area contributed by atoms with E-state index in [4.69, 9.17) is 22.7 Å². The Balaban J connectivity index is 2.25. The Bertz CT molecular complexity index is 366. The molecule has 0 amide bonds. The molecule has 2 atom stereocenters. The first-order valence-electron chi connectivity index (χ1n) is 4.70. The van der Waals surface area contributed by atoms with Crippen LogP contribution in [0.2, 0.25) is 0 Å². The number of ether oxygens (including phenoxy) is 1. The Morgan fingerprint density at radius 2 is 2.57 bits per heavy atom. The van der Waals surface area contributed by atoms with Gasteiger partial charge in [0.15, 0.2) is 4.77 Å². The van der Waals surface area contributed by atoms with E-state index in [0.717, 1.165) is 19.6 Å². The van der Waals surface area contributed by atoms with Gasteiger partial charge in [-0.25, -0.2) is 5.10 Å². The minimum Gasteiger partial charge on any atom is -0.381 e. The number of aromatic nitrogens is 3. The average Bonchev–Trinajstić information content (AvgIpc) is 2.75. The number of rotatable bonds is 2. The molecule has 1 fully saturated rings. The largest absolute Gasteiger partial charge is 0.381 e. The van der Waals surface area contributed by atoms with Crippen molar-refractivity contribution in [2.24, 2.45) is 5.92 Å². The van der Waals surface area contributed by atoms with Crippen LogP contribution in [0.5, 0.6) is 0 Å². The summed E-state index contributed by atoms with van der Waals surface area (Å²) in [5.74, 6) is 0.941. The quantitative estimate of drug-likeness (QED) is 0.724. The summed E-state index contributed by atoms with van der Waals surface area (Å²) in [5, 5.41) is 6.58. The van der Waals surface area contributed by atoms with Gasteiger partial charge in [0.05, 0.1) is 6.61 Å². The Morgan fingerprint density at radius 3 is 3.07 bits per heavy atom. The van der Waals surface area contributed by atoms with Crippen LogP contribution in [0.15, 0.2) is 0 Å². The van der Waals surface area contributed by atoms with E-state index in [2.05, 4.69) is 17.1 Å². The smallest absolute Gasteiger partial charge is 0.220 e. The molecule has 0 radical (unpaired) electrons. The molecule has 3 N–H and O–H groups in total. The van der Waals surface area contributed by atoms with Gasteiger partial charge in [0.1, 0.15) is 0 Å². The lowest BCUT2D eigenvalue weighted by Gasteiger charge is -2.19. The minimum atomic E-state index is 0.253. The number of H-pyrrole nitrogens is 1. The number of nitrogens with zero attached hydrogens (tertiary/aromatic N) is 2. The molecule has 0 spiro atoms. The molecule has 6 heteroatoms. The fourth-order valence-electron chi connectivity index (χ4n) is 1.85. The molecule has 1 aromatic heterocycles. The zero-order chi connectivity index (χ0) is 10.1. The normalized spacial score (nSPS) is 23.9. The second-order valence-electron chi connectivity index (χ2n) is 3.62. The molecule has 2 unspecified atom stereocenters. The van der Waals surface area contributed by atoms with Crippen molar-refractivity contribution >= 4 is 18.2 Å². The van der Waals surface area contributed by atoms with Crippen molar-refractivity contribution in [3.63, 3.8) is 0 Å². The van der Waals surface area contributed by atoms with Gasteiger partial charge >= 0.3 is 0 Å². The molecule has 1 aliphatic rings. The topological polar surface area (TPSA) is 68.9 Å². The fourth-order valence-corrected chi connectivity index (χ4v) is 2.16. The van der Waals surface area contributed by atoms with Crippen LogP contribution in [0.1, 0.15) is 19.4 Å². The number of hydrogen-bond acceptors (Lipinski definition) is 4. The third kappa shape index (κ3) is 1.55. The molecule has 1 aliphatic heterocycles. The van der Waals surface area contributed by atoms with Gasteiger partial charge in [0.2, 0.25) is 5.95 Å². The highest BCUT2D eigenvalue weighted by Gasteiger charge is 2.25. The second-order valence-corrected chi connectivity index (χ2v) is 4.01. The summed E-state index contributed by atoms with van der Waals surface area (Å²) in [5.41, 5.74) is 5.72. The first kappa shape index (κ1) is 9.67. The molecular formula is C8H14N4OS. The van der Waals surface area contributed by atoms with Gasteiger partial charge in [-0.05, 0) is 25.6 Å². The molecule has 5 nitrogen and oxygen atoms in total. The summed E-state index contributed by atoms with van der Waals surface area (Å²) >= 11 is 5.11. The molecular weight excluding hydrogens is 200 g/mol. The first-order valence-corrected chi connectivity index (χ1v) is 5.11. The maximum atomic E-state index is 5.72. The van der Waals surface area contributed by atoms with Crippen LogP contribution in [0.4, 0.5) is 5.95 Å². The maximum Gasteiger partial charge on any atom is 0.220 e. The summed E-state index contributed by atoms with van der Waals surface area (Å²) in [6, 6.07) is 0.253. The molecule has 0 aliphatic carbocycles. The number of nitrogen functional groups attached to an aromatic ring is 1. The van der Waals surface area contributed by atoms with Gasteiger partial charge in [0.25, 0.3) is 0 Å². The number of nitrogens with two attached hydrogens (primary N) is 1. The van der Waals surface area contributed by atoms with E-state index in [9.17, 15) is 0 Å². The van der Waals surface area contributed by atoms with Gasteiger partial charge < -0.3 is 10.5 Å². The second kappa shape index (κ2) is 3.70. The first-order chi connectivity index (χ1) is 6.70. The zero-order valence-electron chi connectivity index (χ0n) is 8.06. The Hall–Kier alpha value is -0.880. The van der Waals surface area contributed by atoms with E-state index in [1.54, 1.807) is 0 Å². The highest BCUT2D eigenvalue weighted by atomic mass is 32.1. The third-order valence-electron chi connectivity index (χ3n) is 2.79. The SMILES string of the molecule is CC(C1CCOC1)n1c(N)n[nH]c1=S. The highest BCUT2D eigenvalue weighted by molar-refractivity contribution is 7.71. The van der Waals surface area contributed by atoms with Crippen molar-refractivity contribution in [2.75, 3.05) is 18.9 Å². The van der Waals surface area contributed by atoms with E-state index in [-0.39, 0.29) is 6.04 Å². The molecule has 14 heavy (non-hydrogen) atoms. The van der Waals surface area contributed by atoms with Crippen LogP contribution in [0.3, 0.4) is 0 Å². The van der Waals surface area contributed by atoms with Crippen molar-refractivity contribution < 1.29 is 4.74 Å². The lowest BCUT2D eigenvalue weighted by molar-refractivity contribution is 0.175. The van der Waals surface area contributed by atoms with Crippen molar-refractivity contribution in [1.29, 1.82) is 0 Å². The van der Waals surface area contributed by atoms with E-state index in [0.29, 0.717) is 16.6 Å². The summed E-state index contributed by atoms with van der Waals surface area (Å²) < 4.78 is 7.78. The lowest BCUT2D eigenvalue weighted by Crippen LogP contribution is -2.18.